The van der Waals surface area contributed by atoms with E-state index in [0.717, 1.165) is 5.69 Å². The number of H-pyrrole nitrogens is 1. The molecule has 0 atom stereocenters. The minimum absolute atomic E-state index is 0.118. The van der Waals surface area contributed by atoms with Crippen molar-refractivity contribution in [1.29, 1.82) is 5.26 Å². The quantitative estimate of drug-likeness (QED) is 0.848. The first kappa shape index (κ1) is 12.3. The first-order valence-electron chi connectivity index (χ1n) is 5.76. The summed E-state index contributed by atoms with van der Waals surface area (Å²) in [5, 5.41) is 19.4. The average Bonchev–Trinajstić information content (AvgIpc) is 3.14. The molecule has 1 saturated carbocycles. The van der Waals surface area contributed by atoms with Crippen molar-refractivity contribution in [3.8, 4) is 6.07 Å². The molecule has 0 saturated heterocycles. The highest BCUT2D eigenvalue weighted by molar-refractivity contribution is 6.34. The Morgan fingerprint density at radius 2 is 2.16 bits per heavy atom. The van der Waals surface area contributed by atoms with Gasteiger partial charge >= 0.3 is 0 Å². The molecular formula is C12H9Cl2N5. The van der Waals surface area contributed by atoms with Gasteiger partial charge < -0.3 is 5.32 Å². The van der Waals surface area contributed by atoms with E-state index in [-0.39, 0.29) is 10.7 Å². The third-order valence-electron chi connectivity index (χ3n) is 2.91. The molecule has 1 fully saturated rings. The van der Waals surface area contributed by atoms with Gasteiger partial charge in [-0.3, -0.25) is 5.10 Å². The SMILES string of the molecule is N#Cc1cc(Cl)c(Nc2cc(C3CC3)[nH]n2)nc1Cl. The summed E-state index contributed by atoms with van der Waals surface area (Å²) in [6.07, 6.45) is 2.40. The Bertz CT molecular complexity index is 669. The van der Waals surface area contributed by atoms with E-state index >= 15 is 0 Å². The molecule has 1 aliphatic carbocycles. The van der Waals surface area contributed by atoms with Gasteiger partial charge in [0.25, 0.3) is 0 Å². The fourth-order valence-electron chi connectivity index (χ4n) is 1.76. The van der Waals surface area contributed by atoms with Crippen LogP contribution < -0.4 is 5.32 Å². The summed E-state index contributed by atoms with van der Waals surface area (Å²) in [6, 6.07) is 5.34. The van der Waals surface area contributed by atoms with E-state index < -0.39 is 0 Å². The fourth-order valence-corrected chi connectivity index (χ4v) is 2.14. The van der Waals surface area contributed by atoms with Gasteiger partial charge in [-0.1, -0.05) is 23.2 Å². The summed E-state index contributed by atoms with van der Waals surface area (Å²) in [5.41, 5.74) is 1.36. The van der Waals surface area contributed by atoms with Crippen LogP contribution in [0.1, 0.15) is 30.0 Å². The van der Waals surface area contributed by atoms with Gasteiger partial charge in [-0.25, -0.2) is 4.98 Å². The van der Waals surface area contributed by atoms with Crippen molar-refractivity contribution < 1.29 is 0 Å². The van der Waals surface area contributed by atoms with Crippen LogP contribution in [0.4, 0.5) is 11.6 Å². The molecule has 5 nitrogen and oxygen atoms in total. The number of nitrogens with one attached hydrogen (secondary N) is 2. The van der Waals surface area contributed by atoms with Crippen LogP contribution in [0.15, 0.2) is 12.1 Å². The predicted molar refractivity (Wildman–Crippen MR) is 72.8 cm³/mol. The average molecular weight is 294 g/mol. The number of nitrogens with zero attached hydrogens (tertiary/aromatic N) is 3. The van der Waals surface area contributed by atoms with Crippen molar-refractivity contribution in [2.45, 2.75) is 18.8 Å². The highest BCUT2D eigenvalue weighted by Gasteiger charge is 2.25. The second kappa shape index (κ2) is 4.72. The summed E-state index contributed by atoms with van der Waals surface area (Å²) in [7, 11) is 0. The minimum Gasteiger partial charge on any atom is -0.322 e. The zero-order chi connectivity index (χ0) is 13.4. The number of hydrogen-bond donors (Lipinski definition) is 2. The van der Waals surface area contributed by atoms with Crippen LogP contribution in [-0.4, -0.2) is 15.2 Å². The Labute approximate surface area is 119 Å². The maximum Gasteiger partial charge on any atom is 0.153 e. The third-order valence-corrected chi connectivity index (χ3v) is 3.49. The van der Waals surface area contributed by atoms with Crippen molar-refractivity contribution in [2.24, 2.45) is 0 Å². The van der Waals surface area contributed by atoms with Crippen LogP contribution in [0, 0.1) is 11.3 Å². The Hall–Kier alpha value is -1.77. The van der Waals surface area contributed by atoms with E-state index in [9.17, 15) is 0 Å². The topological polar surface area (TPSA) is 77.4 Å². The molecule has 0 unspecified atom stereocenters. The molecular weight excluding hydrogens is 285 g/mol. The zero-order valence-electron chi connectivity index (χ0n) is 9.74. The molecule has 0 aromatic carbocycles. The molecule has 2 aromatic heterocycles. The second-order valence-electron chi connectivity index (χ2n) is 4.38. The monoisotopic (exact) mass is 293 g/mol. The lowest BCUT2D eigenvalue weighted by molar-refractivity contribution is 0.966. The Morgan fingerprint density at radius 1 is 1.37 bits per heavy atom. The number of halogens is 2. The lowest BCUT2D eigenvalue weighted by Gasteiger charge is -2.05. The number of nitriles is 1. The highest BCUT2D eigenvalue weighted by Crippen LogP contribution is 2.39. The van der Waals surface area contributed by atoms with Gasteiger partial charge in [0.05, 0.1) is 10.6 Å². The van der Waals surface area contributed by atoms with E-state index in [0.29, 0.717) is 22.6 Å². The van der Waals surface area contributed by atoms with Crippen LogP contribution in [0.25, 0.3) is 0 Å². The maximum absolute atomic E-state index is 8.82. The Balaban J connectivity index is 1.85. The number of hydrogen-bond acceptors (Lipinski definition) is 4. The molecule has 0 amide bonds. The molecule has 19 heavy (non-hydrogen) atoms. The van der Waals surface area contributed by atoms with Crippen LogP contribution in [-0.2, 0) is 0 Å². The highest BCUT2D eigenvalue weighted by atomic mass is 35.5. The van der Waals surface area contributed by atoms with Crippen molar-refractivity contribution >= 4 is 34.8 Å². The van der Waals surface area contributed by atoms with Crippen molar-refractivity contribution in [3.63, 3.8) is 0 Å². The summed E-state index contributed by atoms with van der Waals surface area (Å²) in [5.74, 6) is 1.62. The maximum atomic E-state index is 8.82. The summed E-state index contributed by atoms with van der Waals surface area (Å²) in [6.45, 7) is 0. The van der Waals surface area contributed by atoms with Crippen LogP contribution in [0.2, 0.25) is 10.2 Å². The predicted octanol–water partition coefficient (Wildman–Crippen LogP) is 3.60. The minimum atomic E-state index is 0.118. The lowest BCUT2D eigenvalue weighted by atomic mass is 10.3. The van der Waals surface area contributed by atoms with Crippen LogP contribution >= 0.6 is 23.2 Å². The molecule has 0 aliphatic heterocycles. The molecule has 7 heteroatoms. The van der Waals surface area contributed by atoms with Crippen molar-refractivity contribution in [3.05, 3.63) is 33.6 Å². The summed E-state index contributed by atoms with van der Waals surface area (Å²) < 4.78 is 0. The van der Waals surface area contributed by atoms with Gasteiger partial charge in [-0.15, -0.1) is 0 Å². The molecule has 0 bridgehead atoms. The first-order valence-corrected chi connectivity index (χ1v) is 6.51. The van der Waals surface area contributed by atoms with E-state index in [4.69, 9.17) is 28.5 Å². The molecule has 2 N–H and O–H groups in total. The molecule has 1 aliphatic rings. The van der Waals surface area contributed by atoms with Crippen LogP contribution in [0.3, 0.4) is 0 Å². The standard InChI is InChI=1S/C12H9Cl2N5/c13-8-3-7(5-15)11(14)17-12(8)16-10-4-9(18-19-10)6-1-2-6/h3-4,6H,1-2H2,(H2,16,17,18,19). The van der Waals surface area contributed by atoms with Crippen molar-refractivity contribution in [2.75, 3.05) is 5.32 Å². The number of anilines is 2. The Morgan fingerprint density at radius 3 is 2.84 bits per heavy atom. The third kappa shape index (κ3) is 2.50. The van der Waals surface area contributed by atoms with Crippen LogP contribution in [0.5, 0.6) is 0 Å². The van der Waals surface area contributed by atoms with Gasteiger partial charge in [0.1, 0.15) is 11.2 Å². The molecule has 0 spiro atoms. The fraction of sp³-hybridized carbons (Fsp3) is 0.250. The van der Waals surface area contributed by atoms with Gasteiger partial charge in [0.15, 0.2) is 11.6 Å². The molecule has 3 rings (SSSR count). The zero-order valence-corrected chi connectivity index (χ0v) is 11.3. The first-order chi connectivity index (χ1) is 9.17. The molecule has 2 heterocycles. The van der Waals surface area contributed by atoms with Crippen molar-refractivity contribution in [1.82, 2.24) is 15.2 Å². The molecule has 96 valence electrons. The smallest absolute Gasteiger partial charge is 0.153 e. The van der Waals surface area contributed by atoms with Gasteiger partial charge in [-0.05, 0) is 18.9 Å². The van der Waals surface area contributed by atoms with Gasteiger partial charge in [0, 0.05) is 17.7 Å². The number of pyridine rings is 1. The molecule has 2 aromatic rings. The largest absolute Gasteiger partial charge is 0.322 e. The lowest BCUT2D eigenvalue weighted by Crippen LogP contribution is -1.96. The second-order valence-corrected chi connectivity index (χ2v) is 5.14. The van der Waals surface area contributed by atoms with E-state index in [1.807, 2.05) is 12.1 Å². The molecule has 0 radical (unpaired) electrons. The summed E-state index contributed by atoms with van der Waals surface area (Å²) in [4.78, 5) is 4.05. The normalized spacial score (nSPS) is 14.2. The van der Waals surface area contributed by atoms with E-state index in [1.54, 1.807) is 0 Å². The Kier molecular flexibility index (Phi) is 3.05. The van der Waals surface area contributed by atoms with Gasteiger partial charge in [0.2, 0.25) is 0 Å². The van der Waals surface area contributed by atoms with E-state index in [2.05, 4.69) is 20.5 Å². The van der Waals surface area contributed by atoms with Gasteiger partial charge in [-0.2, -0.15) is 10.4 Å². The number of aromatic amines is 1. The number of aromatic nitrogens is 3. The number of rotatable bonds is 3. The van der Waals surface area contributed by atoms with E-state index in [1.165, 1.54) is 18.9 Å². The summed E-state index contributed by atoms with van der Waals surface area (Å²) >= 11 is 11.9.